The highest BCUT2D eigenvalue weighted by Crippen LogP contribution is 1.81. The van der Waals surface area contributed by atoms with E-state index >= 15 is 0 Å². The molecule has 0 aromatic carbocycles. The Bertz CT molecular complexity index is 200. The zero-order valence-corrected chi connectivity index (χ0v) is 7.42. The molecule has 1 rings (SSSR count). The normalized spacial score (nSPS) is 15.0. The number of nitrogens with one attached hydrogen (secondary N) is 2. The molecule has 0 spiro atoms. The lowest BCUT2D eigenvalue weighted by atomic mass is 10.5. The predicted octanol–water partition coefficient (Wildman–Crippen LogP) is -1.38. The van der Waals surface area contributed by atoms with Gasteiger partial charge in [0.05, 0.1) is 13.1 Å². The lowest BCUT2D eigenvalue weighted by Crippen LogP contribution is -2.40. The molecule has 0 aromatic rings. The summed E-state index contributed by atoms with van der Waals surface area (Å²) in [6, 6.07) is 0. The van der Waals surface area contributed by atoms with Crippen LogP contribution in [0.3, 0.4) is 0 Å². The van der Waals surface area contributed by atoms with Crippen LogP contribution in [0.5, 0.6) is 0 Å². The van der Waals surface area contributed by atoms with Gasteiger partial charge in [0.2, 0.25) is 5.91 Å². The third kappa shape index (κ3) is 2.41. The minimum atomic E-state index is 0.0476. The topological polar surface area (TPSA) is 56.7 Å². The smallest absolute Gasteiger partial charge is 0.241 e. The Morgan fingerprint density at radius 1 is 1.75 bits per heavy atom. The minimum Gasteiger partial charge on any atom is -0.355 e. The molecule has 1 aliphatic rings. The summed E-state index contributed by atoms with van der Waals surface area (Å²) >= 11 is 0. The molecule has 1 aliphatic heterocycles. The Morgan fingerprint density at radius 3 is 3.00 bits per heavy atom. The molecular formula is C7H14N4O. The summed E-state index contributed by atoms with van der Waals surface area (Å²) in [5.41, 5.74) is 0. The van der Waals surface area contributed by atoms with E-state index in [0.29, 0.717) is 6.54 Å². The van der Waals surface area contributed by atoms with Crippen molar-refractivity contribution in [3.63, 3.8) is 0 Å². The van der Waals surface area contributed by atoms with Gasteiger partial charge in [0.15, 0.2) is 5.96 Å². The molecule has 5 heteroatoms. The first-order valence-electron chi connectivity index (χ1n) is 3.92. The van der Waals surface area contributed by atoms with Crippen molar-refractivity contribution in [1.29, 1.82) is 0 Å². The van der Waals surface area contributed by atoms with Gasteiger partial charge in [0.1, 0.15) is 0 Å². The Labute approximate surface area is 71.8 Å². The molecule has 68 valence electrons. The largest absolute Gasteiger partial charge is 0.355 e. The standard InChI is InChI=1S/C7H14N4O/c1-11(2)6(12)5-10-7-8-3-4-9-7/h3-5H2,1-2H3,(H2,8,9,10). The van der Waals surface area contributed by atoms with Gasteiger partial charge < -0.3 is 15.5 Å². The number of hydrogen-bond acceptors (Lipinski definition) is 4. The molecule has 0 radical (unpaired) electrons. The maximum atomic E-state index is 11.1. The van der Waals surface area contributed by atoms with Gasteiger partial charge in [-0.3, -0.25) is 9.79 Å². The van der Waals surface area contributed by atoms with Gasteiger partial charge in [-0.05, 0) is 0 Å². The minimum absolute atomic E-state index is 0.0476. The number of nitrogens with zero attached hydrogens (tertiary/aromatic N) is 2. The first kappa shape index (κ1) is 8.83. The summed E-state index contributed by atoms with van der Waals surface area (Å²) in [5, 5.41) is 5.93. The van der Waals surface area contributed by atoms with E-state index in [0.717, 1.165) is 19.0 Å². The molecule has 0 aliphatic carbocycles. The van der Waals surface area contributed by atoms with Crippen molar-refractivity contribution < 1.29 is 4.79 Å². The highest BCUT2D eigenvalue weighted by Gasteiger charge is 2.07. The number of carbonyl (C=O) groups excluding carboxylic acids is 1. The van der Waals surface area contributed by atoms with E-state index in [1.807, 2.05) is 0 Å². The molecular weight excluding hydrogens is 156 g/mol. The second-order valence-corrected chi connectivity index (χ2v) is 2.80. The van der Waals surface area contributed by atoms with Gasteiger partial charge in [-0.1, -0.05) is 0 Å². The number of likely N-dealkylation sites (N-methyl/N-ethyl adjacent to an activating group) is 1. The third-order valence-electron chi connectivity index (χ3n) is 1.58. The average Bonchev–Trinajstić information content (AvgIpc) is 2.51. The molecule has 12 heavy (non-hydrogen) atoms. The Kier molecular flexibility index (Phi) is 2.90. The number of guanidine groups is 1. The van der Waals surface area contributed by atoms with Gasteiger partial charge in [-0.15, -0.1) is 0 Å². The number of aliphatic imine (C=N–C) groups is 1. The predicted molar refractivity (Wildman–Crippen MR) is 47.0 cm³/mol. The van der Waals surface area contributed by atoms with Crippen LogP contribution in [-0.2, 0) is 4.79 Å². The van der Waals surface area contributed by atoms with Crippen LogP contribution in [0, 0.1) is 0 Å². The summed E-state index contributed by atoms with van der Waals surface area (Å²) in [4.78, 5) is 16.7. The molecule has 0 fully saturated rings. The van der Waals surface area contributed by atoms with Crippen LogP contribution in [0.15, 0.2) is 4.99 Å². The second kappa shape index (κ2) is 3.94. The zero-order valence-electron chi connectivity index (χ0n) is 7.42. The van der Waals surface area contributed by atoms with Gasteiger partial charge >= 0.3 is 0 Å². The van der Waals surface area contributed by atoms with Crippen LogP contribution in [0.25, 0.3) is 0 Å². The Balaban J connectivity index is 2.21. The molecule has 0 saturated heterocycles. The number of hydrogen-bond donors (Lipinski definition) is 2. The van der Waals surface area contributed by atoms with Gasteiger partial charge in [0, 0.05) is 20.6 Å². The Hall–Kier alpha value is -1.26. The highest BCUT2D eigenvalue weighted by molar-refractivity contribution is 5.86. The van der Waals surface area contributed by atoms with Crippen molar-refractivity contribution in [3.05, 3.63) is 0 Å². The number of carbonyl (C=O) groups is 1. The molecule has 2 N–H and O–H groups in total. The molecule has 1 heterocycles. The summed E-state index contributed by atoms with van der Waals surface area (Å²) in [5.74, 6) is 0.775. The van der Waals surface area contributed by atoms with E-state index in [2.05, 4.69) is 15.6 Å². The molecule has 0 bridgehead atoms. The summed E-state index contributed by atoms with van der Waals surface area (Å²) < 4.78 is 0. The average molecular weight is 170 g/mol. The van der Waals surface area contributed by atoms with Crippen LogP contribution in [-0.4, -0.2) is 50.5 Å². The molecule has 0 atom stereocenters. The van der Waals surface area contributed by atoms with Crippen LogP contribution < -0.4 is 10.6 Å². The molecule has 5 nitrogen and oxygen atoms in total. The fraction of sp³-hybridized carbons (Fsp3) is 0.714. The number of rotatable bonds is 2. The molecule has 1 amide bonds. The monoisotopic (exact) mass is 170 g/mol. The van der Waals surface area contributed by atoms with Crippen molar-refractivity contribution in [1.82, 2.24) is 15.5 Å². The molecule has 0 unspecified atom stereocenters. The van der Waals surface area contributed by atoms with Crippen molar-refractivity contribution in [3.8, 4) is 0 Å². The van der Waals surface area contributed by atoms with Crippen molar-refractivity contribution in [2.75, 3.05) is 33.7 Å². The molecule has 0 saturated carbocycles. The summed E-state index contributed by atoms with van der Waals surface area (Å²) in [6.07, 6.45) is 0. The van der Waals surface area contributed by atoms with E-state index in [1.165, 1.54) is 0 Å². The highest BCUT2D eigenvalue weighted by atomic mass is 16.2. The molecule has 0 aromatic heterocycles. The van der Waals surface area contributed by atoms with E-state index in [1.54, 1.807) is 19.0 Å². The van der Waals surface area contributed by atoms with E-state index in [4.69, 9.17) is 0 Å². The van der Waals surface area contributed by atoms with E-state index in [9.17, 15) is 4.79 Å². The fourth-order valence-electron chi connectivity index (χ4n) is 0.834. The van der Waals surface area contributed by atoms with Crippen molar-refractivity contribution in [2.45, 2.75) is 0 Å². The first-order valence-corrected chi connectivity index (χ1v) is 3.92. The SMILES string of the molecule is CN(C)C(=O)CNC1=NCCN1. The second-order valence-electron chi connectivity index (χ2n) is 2.80. The fourth-order valence-corrected chi connectivity index (χ4v) is 0.834. The maximum absolute atomic E-state index is 11.1. The van der Waals surface area contributed by atoms with Crippen LogP contribution in [0.4, 0.5) is 0 Å². The Morgan fingerprint density at radius 2 is 2.50 bits per heavy atom. The summed E-state index contributed by atoms with van der Waals surface area (Å²) in [6.45, 7) is 1.95. The lowest BCUT2D eigenvalue weighted by molar-refractivity contribution is -0.127. The number of amides is 1. The van der Waals surface area contributed by atoms with Crippen LogP contribution in [0.1, 0.15) is 0 Å². The van der Waals surface area contributed by atoms with Crippen LogP contribution >= 0.6 is 0 Å². The van der Waals surface area contributed by atoms with E-state index < -0.39 is 0 Å². The van der Waals surface area contributed by atoms with Crippen molar-refractivity contribution in [2.24, 2.45) is 4.99 Å². The van der Waals surface area contributed by atoms with Crippen LogP contribution in [0.2, 0.25) is 0 Å². The lowest BCUT2D eigenvalue weighted by Gasteiger charge is -2.11. The maximum Gasteiger partial charge on any atom is 0.241 e. The zero-order chi connectivity index (χ0) is 8.97. The quantitative estimate of drug-likeness (QED) is 0.537. The van der Waals surface area contributed by atoms with Crippen molar-refractivity contribution >= 4 is 11.9 Å². The first-order chi connectivity index (χ1) is 5.70. The van der Waals surface area contributed by atoms with E-state index in [-0.39, 0.29) is 5.91 Å². The summed E-state index contributed by atoms with van der Waals surface area (Å²) in [7, 11) is 3.46. The van der Waals surface area contributed by atoms with Gasteiger partial charge in [-0.25, -0.2) is 0 Å². The van der Waals surface area contributed by atoms with Gasteiger partial charge in [-0.2, -0.15) is 0 Å². The third-order valence-corrected chi connectivity index (χ3v) is 1.58. The van der Waals surface area contributed by atoms with Gasteiger partial charge in [0.25, 0.3) is 0 Å².